The van der Waals surface area contributed by atoms with Gasteiger partial charge in [0.05, 0.1) is 5.75 Å². The minimum atomic E-state index is -3.60. The second-order valence-corrected chi connectivity index (χ2v) is 5.31. The van der Waals surface area contributed by atoms with Crippen molar-refractivity contribution in [2.24, 2.45) is 5.14 Å². The number of sulfonamides is 1. The minimum Gasteiger partial charge on any atom is -0.352 e. The third-order valence-electron chi connectivity index (χ3n) is 2.08. The number of primary sulfonamides is 1. The molecule has 0 radical (unpaired) electrons. The van der Waals surface area contributed by atoms with Gasteiger partial charge in [0, 0.05) is 6.54 Å². The molecule has 8 heteroatoms. The van der Waals surface area contributed by atoms with E-state index in [1.807, 2.05) is 0 Å². The fourth-order valence-corrected chi connectivity index (χ4v) is 1.83. The quantitative estimate of drug-likeness (QED) is 0.763. The number of carbonyl (C=O) groups excluding carboxylic acids is 1. The van der Waals surface area contributed by atoms with Crippen molar-refractivity contribution in [1.82, 2.24) is 5.32 Å². The summed E-state index contributed by atoms with van der Waals surface area (Å²) in [7, 11) is -3.60. The molecule has 0 spiro atoms. The van der Waals surface area contributed by atoms with Crippen LogP contribution in [0.5, 0.6) is 0 Å². The summed E-state index contributed by atoms with van der Waals surface area (Å²) < 4.78 is 47.6. The molecule has 0 saturated heterocycles. The summed E-state index contributed by atoms with van der Waals surface area (Å²) in [5.74, 6) is -3.19. The monoisotopic (exact) mass is 278 g/mol. The van der Waals surface area contributed by atoms with E-state index < -0.39 is 33.1 Å². The van der Waals surface area contributed by atoms with Crippen LogP contribution >= 0.6 is 0 Å². The molecule has 1 aromatic rings. The Bertz CT molecular complexity index is 526. The summed E-state index contributed by atoms with van der Waals surface area (Å²) in [6.07, 6.45) is 0.0701. The number of carbonyl (C=O) groups is 1. The Hall–Kier alpha value is -1.54. The molecular formula is C10H12F2N2O3S. The second-order valence-electron chi connectivity index (χ2n) is 3.57. The first-order chi connectivity index (χ1) is 8.31. The number of halogens is 2. The second kappa shape index (κ2) is 5.87. The molecule has 18 heavy (non-hydrogen) atoms. The number of hydrogen-bond acceptors (Lipinski definition) is 3. The molecule has 0 bridgehead atoms. The van der Waals surface area contributed by atoms with E-state index in [0.29, 0.717) is 0 Å². The smallest absolute Gasteiger partial charge is 0.257 e. The Balaban J connectivity index is 2.56. The van der Waals surface area contributed by atoms with Gasteiger partial charge in [0.25, 0.3) is 5.91 Å². The first-order valence-corrected chi connectivity index (χ1v) is 6.75. The van der Waals surface area contributed by atoms with Crippen molar-refractivity contribution in [1.29, 1.82) is 0 Å². The van der Waals surface area contributed by atoms with Crippen LogP contribution in [0, 0.1) is 11.6 Å². The van der Waals surface area contributed by atoms with Crippen molar-refractivity contribution >= 4 is 15.9 Å². The molecular weight excluding hydrogens is 266 g/mol. The zero-order chi connectivity index (χ0) is 13.8. The number of benzene rings is 1. The highest BCUT2D eigenvalue weighted by atomic mass is 32.2. The third kappa shape index (κ3) is 4.38. The molecule has 3 N–H and O–H groups in total. The lowest BCUT2D eigenvalue weighted by Gasteiger charge is -2.06. The number of nitrogens with two attached hydrogens (primary N) is 1. The molecule has 0 aliphatic carbocycles. The van der Waals surface area contributed by atoms with Crippen molar-refractivity contribution in [2.45, 2.75) is 6.42 Å². The van der Waals surface area contributed by atoms with E-state index in [4.69, 9.17) is 5.14 Å². The van der Waals surface area contributed by atoms with Gasteiger partial charge in [0.2, 0.25) is 10.0 Å². The van der Waals surface area contributed by atoms with Crippen LogP contribution < -0.4 is 10.5 Å². The Morgan fingerprint density at radius 1 is 1.28 bits per heavy atom. The molecule has 5 nitrogen and oxygen atoms in total. The first kappa shape index (κ1) is 14.5. The lowest BCUT2D eigenvalue weighted by Crippen LogP contribution is -2.28. The van der Waals surface area contributed by atoms with Crippen LogP contribution in [0.3, 0.4) is 0 Å². The predicted octanol–water partition coefficient (Wildman–Crippen LogP) is 0.373. The van der Waals surface area contributed by atoms with Gasteiger partial charge < -0.3 is 5.32 Å². The topological polar surface area (TPSA) is 89.3 Å². The van der Waals surface area contributed by atoms with E-state index in [1.165, 1.54) is 0 Å². The molecule has 0 fully saturated rings. The standard InChI is InChI=1S/C10H12F2N2O3S/c11-7-3-1-4-8(12)9(7)10(15)14-5-2-6-18(13,16)17/h1,3-4H,2,5-6H2,(H,14,15)(H2,13,16,17). The van der Waals surface area contributed by atoms with Gasteiger partial charge in [-0.1, -0.05) is 6.07 Å². The molecule has 1 amide bonds. The molecule has 0 aliphatic rings. The number of rotatable bonds is 5. The van der Waals surface area contributed by atoms with E-state index in [0.717, 1.165) is 18.2 Å². The lowest BCUT2D eigenvalue weighted by atomic mass is 10.2. The van der Waals surface area contributed by atoms with Gasteiger partial charge in [-0.3, -0.25) is 4.79 Å². The molecule has 0 heterocycles. The van der Waals surface area contributed by atoms with Crippen molar-refractivity contribution in [2.75, 3.05) is 12.3 Å². The molecule has 0 unspecified atom stereocenters. The van der Waals surface area contributed by atoms with Crippen molar-refractivity contribution in [3.05, 3.63) is 35.4 Å². The highest BCUT2D eigenvalue weighted by molar-refractivity contribution is 7.89. The van der Waals surface area contributed by atoms with Gasteiger partial charge >= 0.3 is 0 Å². The van der Waals surface area contributed by atoms with Gasteiger partial charge in [-0.25, -0.2) is 22.3 Å². The normalized spacial score (nSPS) is 11.3. The SMILES string of the molecule is NS(=O)(=O)CCCNC(=O)c1c(F)cccc1F. The highest BCUT2D eigenvalue weighted by Crippen LogP contribution is 2.11. The van der Waals surface area contributed by atoms with Crippen LogP contribution in [0.4, 0.5) is 8.78 Å². The van der Waals surface area contributed by atoms with Gasteiger partial charge in [0.15, 0.2) is 0 Å². The Morgan fingerprint density at radius 3 is 2.33 bits per heavy atom. The molecule has 0 atom stereocenters. The Kier molecular flexibility index (Phi) is 4.74. The van der Waals surface area contributed by atoms with Crippen LogP contribution in [-0.2, 0) is 10.0 Å². The zero-order valence-corrected chi connectivity index (χ0v) is 10.1. The molecule has 1 aromatic carbocycles. The van der Waals surface area contributed by atoms with Crippen molar-refractivity contribution in [3.63, 3.8) is 0 Å². The first-order valence-electron chi connectivity index (χ1n) is 5.04. The largest absolute Gasteiger partial charge is 0.352 e. The maximum atomic E-state index is 13.2. The molecule has 0 aromatic heterocycles. The third-order valence-corrected chi connectivity index (χ3v) is 2.94. The van der Waals surface area contributed by atoms with Crippen LogP contribution in [0.25, 0.3) is 0 Å². The Labute approximate surface area is 103 Å². The van der Waals surface area contributed by atoms with Crippen LogP contribution in [0.2, 0.25) is 0 Å². The average molecular weight is 278 g/mol. The van der Waals surface area contributed by atoms with Crippen molar-refractivity contribution < 1.29 is 22.0 Å². The van der Waals surface area contributed by atoms with E-state index in [2.05, 4.69) is 5.32 Å². The van der Waals surface area contributed by atoms with Crippen LogP contribution in [0.1, 0.15) is 16.8 Å². The molecule has 0 saturated carbocycles. The minimum absolute atomic E-state index is 0.0387. The fourth-order valence-electron chi connectivity index (χ4n) is 1.28. The summed E-state index contributed by atoms with van der Waals surface area (Å²) in [5.41, 5.74) is -0.687. The van der Waals surface area contributed by atoms with Gasteiger partial charge in [-0.2, -0.15) is 0 Å². The summed E-state index contributed by atoms with van der Waals surface area (Å²) in [4.78, 5) is 11.4. The van der Waals surface area contributed by atoms with Gasteiger partial charge in [0.1, 0.15) is 17.2 Å². The summed E-state index contributed by atoms with van der Waals surface area (Å²) in [6, 6.07) is 3.06. The summed E-state index contributed by atoms with van der Waals surface area (Å²) >= 11 is 0. The fraction of sp³-hybridized carbons (Fsp3) is 0.300. The van der Waals surface area contributed by atoms with Crippen LogP contribution in [-0.4, -0.2) is 26.6 Å². The number of amides is 1. The number of nitrogens with one attached hydrogen (secondary N) is 1. The Morgan fingerprint density at radius 2 is 1.83 bits per heavy atom. The maximum Gasteiger partial charge on any atom is 0.257 e. The lowest BCUT2D eigenvalue weighted by molar-refractivity contribution is 0.0945. The summed E-state index contributed by atoms with van der Waals surface area (Å²) in [5, 5.41) is 6.97. The number of hydrogen-bond donors (Lipinski definition) is 2. The van der Waals surface area contributed by atoms with Crippen molar-refractivity contribution in [3.8, 4) is 0 Å². The van der Waals surface area contributed by atoms with E-state index >= 15 is 0 Å². The summed E-state index contributed by atoms with van der Waals surface area (Å²) in [6.45, 7) is -0.0387. The molecule has 0 aliphatic heterocycles. The molecule has 100 valence electrons. The van der Waals surface area contributed by atoms with Crippen LogP contribution in [0.15, 0.2) is 18.2 Å². The van der Waals surface area contributed by atoms with Gasteiger partial charge in [-0.15, -0.1) is 0 Å². The maximum absolute atomic E-state index is 13.2. The van der Waals surface area contributed by atoms with E-state index in [9.17, 15) is 22.0 Å². The highest BCUT2D eigenvalue weighted by Gasteiger charge is 2.16. The van der Waals surface area contributed by atoms with Gasteiger partial charge in [-0.05, 0) is 18.6 Å². The molecule has 1 rings (SSSR count). The average Bonchev–Trinajstić information content (AvgIpc) is 2.23. The van der Waals surface area contributed by atoms with E-state index in [1.54, 1.807) is 0 Å². The predicted molar refractivity (Wildman–Crippen MR) is 61.3 cm³/mol. The van der Waals surface area contributed by atoms with E-state index in [-0.39, 0.29) is 18.7 Å². The zero-order valence-electron chi connectivity index (χ0n) is 9.32.